The number of hydrogen-bond acceptors (Lipinski definition) is 5. The number of carbonyl (C=O) groups excluding carboxylic acids is 1. The van der Waals surface area contributed by atoms with Gasteiger partial charge < -0.3 is 4.74 Å². The van der Waals surface area contributed by atoms with Crippen LogP contribution in [-0.2, 0) is 4.74 Å². The van der Waals surface area contributed by atoms with E-state index in [1.165, 1.54) is 11.3 Å². The van der Waals surface area contributed by atoms with Gasteiger partial charge in [-0.25, -0.2) is 14.5 Å². The van der Waals surface area contributed by atoms with E-state index in [4.69, 9.17) is 4.74 Å². The first-order valence-electron chi connectivity index (χ1n) is 5.82. The zero-order chi connectivity index (χ0) is 14.2. The van der Waals surface area contributed by atoms with Crippen LogP contribution in [-0.4, -0.2) is 27.3 Å². The number of aryl methyl sites for hydroxylation is 2. The largest absolute Gasteiger partial charge is 0.462 e. The predicted octanol–water partition coefficient (Wildman–Crippen LogP) is 3.19. The maximum atomic E-state index is 11.8. The van der Waals surface area contributed by atoms with Crippen molar-refractivity contribution < 1.29 is 9.53 Å². The van der Waals surface area contributed by atoms with Gasteiger partial charge in [0.15, 0.2) is 0 Å². The molecule has 0 N–H and O–H groups in total. The van der Waals surface area contributed by atoms with E-state index in [1.807, 2.05) is 13.8 Å². The van der Waals surface area contributed by atoms with Gasteiger partial charge in [0.2, 0.25) is 5.13 Å². The summed E-state index contributed by atoms with van der Waals surface area (Å²) < 4.78 is 7.70. The second-order valence-electron chi connectivity index (χ2n) is 4.03. The summed E-state index contributed by atoms with van der Waals surface area (Å²) >= 11 is 4.77. The van der Waals surface area contributed by atoms with Crippen molar-refractivity contribution in [2.75, 3.05) is 6.61 Å². The van der Waals surface area contributed by atoms with E-state index in [0.29, 0.717) is 22.3 Å². The van der Waals surface area contributed by atoms with Crippen LogP contribution in [0.3, 0.4) is 0 Å². The molecule has 0 aliphatic carbocycles. The number of thiazole rings is 1. The Morgan fingerprint density at radius 1 is 1.37 bits per heavy atom. The van der Waals surface area contributed by atoms with Crippen molar-refractivity contribution in [1.29, 1.82) is 0 Å². The summed E-state index contributed by atoms with van der Waals surface area (Å²) in [6, 6.07) is 0. The van der Waals surface area contributed by atoms with Crippen molar-refractivity contribution in [2.24, 2.45) is 0 Å². The Balaban J connectivity index is 2.44. The van der Waals surface area contributed by atoms with Crippen LogP contribution in [0.2, 0.25) is 0 Å². The highest BCUT2D eigenvalue weighted by Gasteiger charge is 2.19. The minimum Gasteiger partial charge on any atom is -0.462 e. The molecule has 0 atom stereocenters. The lowest BCUT2D eigenvalue weighted by Gasteiger charge is -1.98. The molecule has 0 fully saturated rings. The summed E-state index contributed by atoms with van der Waals surface area (Å²) in [6.45, 7) is 7.81. The van der Waals surface area contributed by atoms with Crippen LogP contribution in [0.4, 0.5) is 0 Å². The number of ether oxygens (including phenoxy) is 1. The third kappa shape index (κ3) is 2.57. The summed E-state index contributed by atoms with van der Waals surface area (Å²) in [6.07, 6.45) is 0. The van der Waals surface area contributed by atoms with Crippen LogP contribution >= 0.6 is 27.3 Å². The van der Waals surface area contributed by atoms with Gasteiger partial charge in [-0.2, -0.15) is 5.10 Å². The zero-order valence-corrected chi connectivity index (χ0v) is 13.6. The number of aromatic nitrogens is 3. The molecule has 0 amide bonds. The maximum Gasteiger partial charge on any atom is 0.350 e. The summed E-state index contributed by atoms with van der Waals surface area (Å²) in [5.41, 5.74) is 2.52. The molecule has 0 saturated heterocycles. The van der Waals surface area contributed by atoms with Crippen molar-refractivity contribution in [1.82, 2.24) is 14.8 Å². The Kier molecular flexibility index (Phi) is 4.05. The predicted molar refractivity (Wildman–Crippen MR) is 77.1 cm³/mol. The number of esters is 1. The molecule has 102 valence electrons. The molecule has 2 aromatic rings. The molecule has 5 nitrogen and oxygen atoms in total. The Bertz CT molecular complexity index is 633. The molecule has 0 aliphatic heterocycles. The molecule has 0 aromatic carbocycles. The molecular weight excluding hydrogens is 330 g/mol. The zero-order valence-electron chi connectivity index (χ0n) is 11.2. The fraction of sp³-hybridized carbons (Fsp3) is 0.417. The van der Waals surface area contributed by atoms with Crippen LogP contribution in [0, 0.1) is 20.8 Å². The first-order chi connectivity index (χ1) is 8.95. The molecule has 19 heavy (non-hydrogen) atoms. The van der Waals surface area contributed by atoms with Crippen molar-refractivity contribution in [3.8, 4) is 5.13 Å². The van der Waals surface area contributed by atoms with E-state index in [9.17, 15) is 4.79 Å². The molecule has 2 heterocycles. The van der Waals surface area contributed by atoms with E-state index < -0.39 is 0 Å². The van der Waals surface area contributed by atoms with E-state index in [1.54, 1.807) is 18.5 Å². The van der Waals surface area contributed by atoms with E-state index in [0.717, 1.165) is 15.9 Å². The van der Waals surface area contributed by atoms with Crippen molar-refractivity contribution >= 4 is 33.2 Å². The van der Waals surface area contributed by atoms with E-state index >= 15 is 0 Å². The minimum absolute atomic E-state index is 0.329. The van der Waals surface area contributed by atoms with Gasteiger partial charge in [-0.05, 0) is 43.6 Å². The van der Waals surface area contributed by atoms with Gasteiger partial charge in [0.1, 0.15) is 4.88 Å². The van der Waals surface area contributed by atoms with E-state index in [-0.39, 0.29) is 5.97 Å². The molecule has 0 unspecified atom stereocenters. The fourth-order valence-corrected chi connectivity index (χ4v) is 2.88. The van der Waals surface area contributed by atoms with Crippen molar-refractivity contribution in [2.45, 2.75) is 27.7 Å². The average Bonchev–Trinajstić information content (AvgIpc) is 2.86. The molecule has 7 heteroatoms. The molecule has 0 aliphatic rings. The number of rotatable bonds is 3. The molecule has 0 spiro atoms. The van der Waals surface area contributed by atoms with Crippen LogP contribution in [0.25, 0.3) is 5.13 Å². The highest BCUT2D eigenvalue weighted by molar-refractivity contribution is 9.10. The maximum absolute atomic E-state index is 11.8. The van der Waals surface area contributed by atoms with Crippen LogP contribution in [0.5, 0.6) is 0 Å². The Morgan fingerprint density at radius 2 is 2.05 bits per heavy atom. The molecule has 2 aromatic heterocycles. The highest BCUT2D eigenvalue weighted by atomic mass is 79.9. The number of carbonyl (C=O) groups is 1. The average molecular weight is 344 g/mol. The second-order valence-corrected chi connectivity index (χ2v) is 5.80. The van der Waals surface area contributed by atoms with Gasteiger partial charge in [-0.3, -0.25) is 0 Å². The van der Waals surface area contributed by atoms with Crippen molar-refractivity contribution in [3.05, 3.63) is 26.4 Å². The molecule has 0 bridgehead atoms. The smallest absolute Gasteiger partial charge is 0.350 e. The molecule has 0 saturated carbocycles. The molecule has 2 rings (SSSR count). The van der Waals surface area contributed by atoms with Gasteiger partial charge in [0, 0.05) is 0 Å². The van der Waals surface area contributed by atoms with Gasteiger partial charge in [0.05, 0.1) is 28.2 Å². The van der Waals surface area contributed by atoms with Crippen molar-refractivity contribution in [3.63, 3.8) is 0 Å². The molecular formula is C12H14BrN3O2S. The third-order valence-electron chi connectivity index (χ3n) is 2.63. The fourth-order valence-electron chi connectivity index (χ4n) is 1.67. The SMILES string of the molecule is CCOC(=O)c1sc(-n2nc(C)c(Br)c2C)nc1C. The summed E-state index contributed by atoms with van der Waals surface area (Å²) in [5, 5.41) is 5.08. The lowest BCUT2D eigenvalue weighted by molar-refractivity contribution is 0.0531. The monoisotopic (exact) mass is 343 g/mol. The lowest BCUT2D eigenvalue weighted by atomic mass is 10.4. The number of hydrogen-bond donors (Lipinski definition) is 0. The summed E-state index contributed by atoms with van der Waals surface area (Å²) in [5.74, 6) is -0.329. The topological polar surface area (TPSA) is 57.0 Å². The van der Waals surface area contributed by atoms with E-state index in [2.05, 4.69) is 26.0 Å². The van der Waals surface area contributed by atoms with Crippen LogP contribution in [0.15, 0.2) is 4.47 Å². The first kappa shape index (κ1) is 14.2. The standard InChI is InChI=1S/C12H14BrN3O2S/c1-5-18-11(17)10-7(3)14-12(19-10)16-8(4)9(13)6(2)15-16/h5H2,1-4H3. The minimum atomic E-state index is -0.329. The second kappa shape index (κ2) is 5.42. The van der Waals surface area contributed by atoms with Gasteiger partial charge >= 0.3 is 5.97 Å². The Hall–Kier alpha value is -1.21. The first-order valence-corrected chi connectivity index (χ1v) is 7.43. The normalized spacial score (nSPS) is 10.8. The molecule has 0 radical (unpaired) electrons. The van der Waals surface area contributed by atoms with Crippen LogP contribution < -0.4 is 0 Å². The summed E-state index contributed by atoms with van der Waals surface area (Å²) in [4.78, 5) is 16.7. The highest BCUT2D eigenvalue weighted by Crippen LogP contribution is 2.27. The van der Waals surface area contributed by atoms with Gasteiger partial charge in [-0.15, -0.1) is 0 Å². The Labute approximate surface area is 123 Å². The lowest BCUT2D eigenvalue weighted by Crippen LogP contribution is -2.03. The van der Waals surface area contributed by atoms with Gasteiger partial charge in [0.25, 0.3) is 0 Å². The number of halogens is 1. The summed E-state index contributed by atoms with van der Waals surface area (Å²) in [7, 11) is 0. The number of nitrogens with zero attached hydrogens (tertiary/aromatic N) is 3. The quantitative estimate of drug-likeness (QED) is 0.803. The van der Waals surface area contributed by atoms with Gasteiger partial charge in [-0.1, -0.05) is 11.3 Å². The van der Waals surface area contributed by atoms with Crippen LogP contribution in [0.1, 0.15) is 33.7 Å². The third-order valence-corrected chi connectivity index (χ3v) is 4.89. The Morgan fingerprint density at radius 3 is 2.58 bits per heavy atom.